The van der Waals surface area contributed by atoms with Gasteiger partial charge < -0.3 is 23.4 Å². The lowest BCUT2D eigenvalue weighted by molar-refractivity contribution is -0.140. The van der Waals surface area contributed by atoms with Crippen molar-refractivity contribution in [1.29, 1.82) is 0 Å². The summed E-state index contributed by atoms with van der Waals surface area (Å²) < 4.78 is 27.3. The van der Waals surface area contributed by atoms with Gasteiger partial charge in [0.2, 0.25) is 5.43 Å². The first-order chi connectivity index (χ1) is 17.0. The van der Waals surface area contributed by atoms with E-state index in [1.54, 1.807) is 50.6 Å². The van der Waals surface area contributed by atoms with Gasteiger partial charge in [-0.25, -0.2) is 0 Å². The Morgan fingerprint density at radius 2 is 1.63 bits per heavy atom. The molecular formula is C28H26O7. The van der Waals surface area contributed by atoms with E-state index in [0.29, 0.717) is 44.9 Å². The van der Waals surface area contributed by atoms with Gasteiger partial charge in [-0.2, -0.15) is 0 Å². The van der Waals surface area contributed by atoms with Gasteiger partial charge in [-0.05, 0) is 47.5 Å². The molecule has 0 radical (unpaired) electrons. The van der Waals surface area contributed by atoms with Gasteiger partial charge in [0, 0.05) is 11.5 Å². The average molecular weight is 475 g/mol. The molecule has 0 spiro atoms. The van der Waals surface area contributed by atoms with Crippen molar-refractivity contribution in [2.45, 2.75) is 12.3 Å². The molecule has 1 atom stereocenters. The Labute approximate surface area is 202 Å². The van der Waals surface area contributed by atoms with Crippen LogP contribution in [0.2, 0.25) is 0 Å². The van der Waals surface area contributed by atoms with Crippen molar-refractivity contribution in [2.24, 2.45) is 0 Å². The molecule has 0 amide bonds. The molecule has 1 heterocycles. The molecule has 0 saturated carbocycles. The summed E-state index contributed by atoms with van der Waals surface area (Å²) >= 11 is 0. The Bertz CT molecular complexity index is 1400. The summed E-state index contributed by atoms with van der Waals surface area (Å²) in [6.45, 7) is 0. The highest BCUT2D eigenvalue weighted by Crippen LogP contribution is 2.40. The van der Waals surface area contributed by atoms with E-state index < -0.39 is 11.9 Å². The molecule has 0 N–H and O–H groups in total. The monoisotopic (exact) mass is 474 g/mol. The van der Waals surface area contributed by atoms with Crippen LogP contribution < -0.4 is 19.6 Å². The third kappa shape index (κ3) is 4.71. The van der Waals surface area contributed by atoms with Gasteiger partial charge >= 0.3 is 5.97 Å². The van der Waals surface area contributed by atoms with Gasteiger partial charge in [-0.15, -0.1) is 0 Å². The van der Waals surface area contributed by atoms with E-state index in [-0.39, 0.29) is 11.8 Å². The molecular weight excluding hydrogens is 448 g/mol. The standard InChI is InChI=1S/C28H26O7/c1-31-19-10-8-17(9-11-19)23-16-35-28-21(27(23)30)12-13-24(33-3)26(28)22(15-25(29)34-4)18-6-5-7-20(14-18)32-2/h5-14,16,22H,15H2,1-4H3. The predicted octanol–water partition coefficient (Wildman–Crippen LogP) is 5.18. The van der Waals surface area contributed by atoms with Crippen LogP contribution in [-0.4, -0.2) is 34.4 Å². The van der Waals surface area contributed by atoms with E-state index in [9.17, 15) is 9.59 Å². The van der Waals surface area contributed by atoms with Crippen LogP contribution >= 0.6 is 0 Å². The van der Waals surface area contributed by atoms with Crippen molar-refractivity contribution in [3.05, 3.63) is 88.3 Å². The molecule has 35 heavy (non-hydrogen) atoms. The lowest BCUT2D eigenvalue weighted by atomic mass is 9.86. The fourth-order valence-corrected chi connectivity index (χ4v) is 4.18. The largest absolute Gasteiger partial charge is 0.497 e. The molecule has 7 nitrogen and oxygen atoms in total. The number of rotatable bonds is 8. The lowest BCUT2D eigenvalue weighted by Gasteiger charge is -2.21. The van der Waals surface area contributed by atoms with Crippen LogP contribution in [-0.2, 0) is 9.53 Å². The molecule has 0 aliphatic carbocycles. The number of hydrogen-bond acceptors (Lipinski definition) is 7. The Hall–Kier alpha value is -4.26. The number of ether oxygens (including phenoxy) is 4. The van der Waals surface area contributed by atoms with E-state index >= 15 is 0 Å². The summed E-state index contributed by atoms with van der Waals surface area (Å²) in [5.74, 6) is 0.907. The number of fused-ring (bicyclic) bond motifs is 1. The molecule has 180 valence electrons. The summed E-state index contributed by atoms with van der Waals surface area (Å²) in [6.07, 6.45) is 1.46. The second-order valence-electron chi connectivity index (χ2n) is 7.87. The van der Waals surface area contributed by atoms with Crippen LogP contribution in [0.3, 0.4) is 0 Å². The fourth-order valence-electron chi connectivity index (χ4n) is 4.18. The third-order valence-corrected chi connectivity index (χ3v) is 6.00. The molecule has 1 unspecified atom stereocenters. The number of hydrogen-bond donors (Lipinski definition) is 0. The quantitative estimate of drug-likeness (QED) is 0.325. The van der Waals surface area contributed by atoms with Gasteiger partial charge in [0.15, 0.2) is 0 Å². The first-order valence-corrected chi connectivity index (χ1v) is 11.0. The number of carbonyl (C=O) groups is 1. The second-order valence-corrected chi connectivity index (χ2v) is 7.87. The van der Waals surface area contributed by atoms with Crippen molar-refractivity contribution in [3.8, 4) is 28.4 Å². The Morgan fingerprint density at radius 3 is 2.29 bits per heavy atom. The Morgan fingerprint density at radius 1 is 0.886 bits per heavy atom. The summed E-state index contributed by atoms with van der Waals surface area (Å²) in [6, 6.07) is 18.0. The summed E-state index contributed by atoms with van der Waals surface area (Å²) in [5.41, 5.74) is 2.66. The molecule has 0 aliphatic rings. The molecule has 0 fully saturated rings. The molecule has 4 rings (SSSR count). The first kappa shape index (κ1) is 23.9. The highest BCUT2D eigenvalue weighted by Gasteiger charge is 2.27. The maximum atomic E-state index is 13.5. The van der Waals surface area contributed by atoms with Crippen molar-refractivity contribution in [3.63, 3.8) is 0 Å². The summed E-state index contributed by atoms with van der Waals surface area (Å²) in [7, 11) is 6.04. The van der Waals surface area contributed by atoms with Crippen LogP contribution in [0.5, 0.6) is 17.2 Å². The van der Waals surface area contributed by atoms with Crippen molar-refractivity contribution in [2.75, 3.05) is 28.4 Å². The SMILES string of the molecule is COC(=O)CC(c1cccc(OC)c1)c1c(OC)ccc2c(=O)c(-c3ccc(OC)cc3)coc12. The van der Waals surface area contributed by atoms with E-state index in [0.717, 1.165) is 5.56 Å². The zero-order chi connectivity index (χ0) is 24.9. The van der Waals surface area contributed by atoms with Gasteiger partial charge in [-0.1, -0.05) is 24.3 Å². The topological polar surface area (TPSA) is 84.2 Å². The lowest BCUT2D eigenvalue weighted by Crippen LogP contribution is -2.13. The molecule has 0 saturated heterocycles. The van der Waals surface area contributed by atoms with Gasteiger partial charge in [0.05, 0.1) is 45.8 Å². The second kappa shape index (κ2) is 10.3. The van der Waals surface area contributed by atoms with Gasteiger partial charge in [0.25, 0.3) is 0 Å². The molecule has 3 aromatic carbocycles. The van der Waals surface area contributed by atoms with Crippen molar-refractivity contribution < 1.29 is 28.2 Å². The van der Waals surface area contributed by atoms with Gasteiger partial charge in [-0.3, -0.25) is 9.59 Å². The molecule has 7 heteroatoms. The van der Waals surface area contributed by atoms with Crippen molar-refractivity contribution in [1.82, 2.24) is 0 Å². The summed E-state index contributed by atoms with van der Waals surface area (Å²) in [4.78, 5) is 25.9. The number of methoxy groups -OCH3 is 4. The molecule has 0 bridgehead atoms. The zero-order valence-corrected chi connectivity index (χ0v) is 20.0. The van der Waals surface area contributed by atoms with Crippen LogP contribution in [0.15, 0.2) is 76.1 Å². The van der Waals surface area contributed by atoms with E-state index in [4.69, 9.17) is 23.4 Å². The predicted molar refractivity (Wildman–Crippen MR) is 132 cm³/mol. The molecule has 1 aromatic heterocycles. The van der Waals surface area contributed by atoms with Crippen LogP contribution in [0.1, 0.15) is 23.5 Å². The number of benzene rings is 3. The van der Waals surface area contributed by atoms with E-state index in [1.165, 1.54) is 20.5 Å². The smallest absolute Gasteiger partial charge is 0.306 e. The van der Waals surface area contributed by atoms with E-state index in [1.807, 2.05) is 24.3 Å². The van der Waals surface area contributed by atoms with E-state index in [2.05, 4.69) is 0 Å². The van der Waals surface area contributed by atoms with Gasteiger partial charge in [0.1, 0.15) is 29.1 Å². The third-order valence-electron chi connectivity index (χ3n) is 6.00. The Balaban J connectivity index is 1.94. The highest BCUT2D eigenvalue weighted by molar-refractivity contribution is 5.87. The first-order valence-electron chi connectivity index (χ1n) is 11.0. The zero-order valence-electron chi connectivity index (χ0n) is 20.0. The fraction of sp³-hybridized carbons (Fsp3) is 0.214. The number of carbonyl (C=O) groups excluding carboxylic acids is 1. The van der Waals surface area contributed by atoms with Crippen LogP contribution in [0.4, 0.5) is 0 Å². The Kier molecular flexibility index (Phi) is 7.06. The van der Waals surface area contributed by atoms with Crippen molar-refractivity contribution >= 4 is 16.9 Å². The van der Waals surface area contributed by atoms with Crippen LogP contribution in [0.25, 0.3) is 22.1 Å². The normalized spacial score (nSPS) is 11.7. The minimum atomic E-state index is -0.508. The number of esters is 1. The maximum Gasteiger partial charge on any atom is 0.306 e. The minimum Gasteiger partial charge on any atom is -0.497 e. The molecule has 0 aliphatic heterocycles. The maximum absolute atomic E-state index is 13.5. The highest BCUT2D eigenvalue weighted by atomic mass is 16.5. The summed E-state index contributed by atoms with van der Waals surface area (Å²) in [5, 5.41) is 0.381. The minimum absolute atomic E-state index is 0.0169. The average Bonchev–Trinajstić information content (AvgIpc) is 2.91. The molecule has 4 aromatic rings. The van der Waals surface area contributed by atoms with Crippen LogP contribution in [0, 0.1) is 0 Å².